The number of carbonyl (C=O) groups is 1. The Kier molecular flexibility index (Phi) is 4.37. The summed E-state index contributed by atoms with van der Waals surface area (Å²) in [6.45, 7) is 2.63. The van der Waals surface area contributed by atoms with Crippen molar-refractivity contribution in [2.75, 3.05) is 5.88 Å². The molecule has 6 heteroatoms. The summed E-state index contributed by atoms with van der Waals surface area (Å²) in [6, 6.07) is 3.90. The van der Waals surface area contributed by atoms with Crippen LogP contribution in [0.5, 0.6) is 0 Å². The van der Waals surface area contributed by atoms with Crippen LogP contribution in [-0.2, 0) is 17.8 Å². The number of pyridine rings is 1. The van der Waals surface area contributed by atoms with Crippen molar-refractivity contribution in [3.05, 3.63) is 23.7 Å². The van der Waals surface area contributed by atoms with Crippen LogP contribution in [0.15, 0.2) is 12.1 Å². The van der Waals surface area contributed by atoms with Gasteiger partial charge in [0.15, 0.2) is 5.65 Å². The van der Waals surface area contributed by atoms with E-state index in [0.29, 0.717) is 31.7 Å². The SMILES string of the molecule is Cc1ccc2nc(CCCl)n(CCCC(N)=O)c2n1. The minimum Gasteiger partial charge on any atom is -0.370 e. The average Bonchev–Trinajstić information content (AvgIpc) is 2.67. The Balaban J connectivity index is 2.33. The van der Waals surface area contributed by atoms with Crippen LogP contribution in [0.3, 0.4) is 0 Å². The first-order valence-corrected chi connectivity index (χ1v) is 6.82. The van der Waals surface area contributed by atoms with Crippen LogP contribution in [0.2, 0.25) is 0 Å². The van der Waals surface area contributed by atoms with Crippen molar-refractivity contribution < 1.29 is 4.79 Å². The maximum Gasteiger partial charge on any atom is 0.217 e. The first-order valence-electron chi connectivity index (χ1n) is 6.29. The number of primary amides is 1. The molecule has 2 heterocycles. The molecule has 2 rings (SSSR count). The van der Waals surface area contributed by atoms with Gasteiger partial charge in [-0.1, -0.05) is 0 Å². The molecule has 0 saturated carbocycles. The highest BCUT2D eigenvalue weighted by Crippen LogP contribution is 2.16. The molecule has 0 aliphatic heterocycles. The predicted octanol–water partition coefficient (Wildman–Crippen LogP) is 1.79. The number of imidazole rings is 1. The molecule has 0 unspecified atom stereocenters. The summed E-state index contributed by atoms with van der Waals surface area (Å²) in [4.78, 5) is 19.9. The lowest BCUT2D eigenvalue weighted by Crippen LogP contribution is -2.12. The number of hydrogen-bond acceptors (Lipinski definition) is 3. The molecule has 0 aliphatic carbocycles. The zero-order valence-electron chi connectivity index (χ0n) is 10.9. The van der Waals surface area contributed by atoms with E-state index in [9.17, 15) is 4.79 Å². The summed E-state index contributed by atoms with van der Waals surface area (Å²) >= 11 is 5.80. The van der Waals surface area contributed by atoms with E-state index in [0.717, 1.165) is 22.7 Å². The lowest BCUT2D eigenvalue weighted by Gasteiger charge is -2.07. The quantitative estimate of drug-likeness (QED) is 0.820. The van der Waals surface area contributed by atoms with Crippen LogP contribution in [0.1, 0.15) is 24.4 Å². The van der Waals surface area contributed by atoms with Crippen molar-refractivity contribution in [2.24, 2.45) is 5.73 Å². The number of carbonyl (C=O) groups excluding carboxylic acids is 1. The van der Waals surface area contributed by atoms with E-state index in [2.05, 4.69) is 9.97 Å². The minimum atomic E-state index is -0.285. The summed E-state index contributed by atoms with van der Waals surface area (Å²) in [5.74, 6) is 1.14. The van der Waals surface area contributed by atoms with Crippen LogP contribution in [-0.4, -0.2) is 26.3 Å². The van der Waals surface area contributed by atoms with Crippen molar-refractivity contribution in [1.29, 1.82) is 0 Å². The molecular weight excluding hydrogens is 264 g/mol. The molecule has 0 fully saturated rings. The number of hydrogen-bond donors (Lipinski definition) is 1. The highest BCUT2D eigenvalue weighted by molar-refractivity contribution is 6.17. The fraction of sp³-hybridized carbons (Fsp3) is 0.462. The standard InChI is InChI=1S/C13H17ClN4O/c1-9-4-5-10-13(16-9)18(8-2-3-11(15)19)12(17-10)6-7-14/h4-5H,2-3,6-8H2,1H3,(H2,15,19). The minimum absolute atomic E-state index is 0.285. The Morgan fingerprint density at radius 2 is 2.21 bits per heavy atom. The molecule has 1 amide bonds. The largest absolute Gasteiger partial charge is 0.370 e. The first kappa shape index (κ1) is 13.8. The Morgan fingerprint density at radius 3 is 2.89 bits per heavy atom. The molecule has 2 aromatic heterocycles. The summed E-state index contributed by atoms with van der Waals surface area (Å²) in [7, 11) is 0. The van der Waals surface area contributed by atoms with Gasteiger partial charge < -0.3 is 10.3 Å². The van der Waals surface area contributed by atoms with Crippen molar-refractivity contribution in [3.63, 3.8) is 0 Å². The Bertz CT molecular complexity index is 594. The van der Waals surface area contributed by atoms with Crippen LogP contribution < -0.4 is 5.73 Å². The van der Waals surface area contributed by atoms with Gasteiger partial charge in [-0.05, 0) is 25.5 Å². The summed E-state index contributed by atoms with van der Waals surface area (Å²) in [6.07, 6.45) is 1.74. The van der Waals surface area contributed by atoms with E-state index in [1.165, 1.54) is 0 Å². The molecule has 2 aromatic rings. The van der Waals surface area contributed by atoms with Gasteiger partial charge >= 0.3 is 0 Å². The number of aryl methyl sites for hydroxylation is 3. The zero-order valence-corrected chi connectivity index (χ0v) is 11.7. The Morgan fingerprint density at radius 1 is 1.42 bits per heavy atom. The molecule has 0 spiro atoms. The number of fused-ring (bicyclic) bond motifs is 1. The normalized spacial score (nSPS) is 11.1. The molecule has 0 radical (unpaired) electrons. The van der Waals surface area contributed by atoms with Gasteiger partial charge in [-0.3, -0.25) is 4.79 Å². The van der Waals surface area contributed by atoms with Crippen LogP contribution in [0, 0.1) is 6.92 Å². The number of halogens is 1. The maximum absolute atomic E-state index is 10.8. The molecule has 5 nitrogen and oxygen atoms in total. The number of rotatable bonds is 6. The third-order valence-corrected chi connectivity index (χ3v) is 3.12. The topological polar surface area (TPSA) is 73.8 Å². The van der Waals surface area contributed by atoms with E-state index in [4.69, 9.17) is 17.3 Å². The molecule has 0 atom stereocenters. The molecule has 102 valence electrons. The number of amides is 1. The molecule has 0 saturated heterocycles. The van der Waals surface area contributed by atoms with Crippen LogP contribution in [0.4, 0.5) is 0 Å². The average molecular weight is 281 g/mol. The van der Waals surface area contributed by atoms with Gasteiger partial charge in [0.25, 0.3) is 0 Å². The fourth-order valence-electron chi connectivity index (χ4n) is 2.06. The fourth-order valence-corrected chi connectivity index (χ4v) is 2.23. The second-order valence-corrected chi connectivity index (χ2v) is 4.86. The summed E-state index contributed by atoms with van der Waals surface area (Å²) in [5, 5.41) is 0. The van der Waals surface area contributed by atoms with E-state index >= 15 is 0 Å². The van der Waals surface area contributed by atoms with Gasteiger partial charge in [0.2, 0.25) is 5.91 Å². The smallest absolute Gasteiger partial charge is 0.217 e. The molecule has 0 aromatic carbocycles. The highest BCUT2D eigenvalue weighted by atomic mass is 35.5. The van der Waals surface area contributed by atoms with E-state index in [-0.39, 0.29) is 5.91 Å². The van der Waals surface area contributed by atoms with E-state index in [1.807, 2.05) is 23.6 Å². The second-order valence-electron chi connectivity index (χ2n) is 4.48. The molecule has 2 N–H and O–H groups in total. The van der Waals surface area contributed by atoms with Crippen molar-refractivity contribution in [2.45, 2.75) is 32.7 Å². The summed E-state index contributed by atoms with van der Waals surface area (Å²) < 4.78 is 2.04. The second kappa shape index (κ2) is 6.02. The zero-order chi connectivity index (χ0) is 13.8. The van der Waals surface area contributed by atoms with Crippen LogP contribution >= 0.6 is 11.6 Å². The highest BCUT2D eigenvalue weighted by Gasteiger charge is 2.11. The van der Waals surface area contributed by atoms with E-state index in [1.54, 1.807) is 0 Å². The first-order chi connectivity index (χ1) is 9.11. The van der Waals surface area contributed by atoms with Gasteiger partial charge in [-0.2, -0.15) is 0 Å². The van der Waals surface area contributed by atoms with Gasteiger partial charge in [0.1, 0.15) is 11.3 Å². The third-order valence-electron chi connectivity index (χ3n) is 2.93. The van der Waals surface area contributed by atoms with Crippen molar-refractivity contribution in [1.82, 2.24) is 14.5 Å². The lowest BCUT2D eigenvalue weighted by atomic mass is 10.3. The maximum atomic E-state index is 10.8. The lowest BCUT2D eigenvalue weighted by molar-refractivity contribution is -0.118. The van der Waals surface area contributed by atoms with Crippen molar-refractivity contribution >= 4 is 28.7 Å². The molecule has 0 bridgehead atoms. The number of nitrogens with two attached hydrogens (primary N) is 1. The van der Waals surface area contributed by atoms with Gasteiger partial charge in [-0.15, -0.1) is 11.6 Å². The molecule has 19 heavy (non-hydrogen) atoms. The van der Waals surface area contributed by atoms with Crippen LogP contribution in [0.25, 0.3) is 11.2 Å². The Labute approximate surface area is 116 Å². The summed E-state index contributed by atoms with van der Waals surface area (Å²) in [5.41, 5.74) is 7.83. The van der Waals surface area contributed by atoms with Crippen molar-refractivity contribution in [3.8, 4) is 0 Å². The van der Waals surface area contributed by atoms with Gasteiger partial charge in [0, 0.05) is 31.0 Å². The van der Waals surface area contributed by atoms with E-state index < -0.39 is 0 Å². The Hall–Kier alpha value is -1.62. The third kappa shape index (κ3) is 3.23. The number of nitrogens with zero attached hydrogens (tertiary/aromatic N) is 3. The van der Waals surface area contributed by atoms with Gasteiger partial charge in [-0.25, -0.2) is 9.97 Å². The number of alkyl halides is 1. The molecule has 0 aliphatic rings. The van der Waals surface area contributed by atoms with Gasteiger partial charge in [0.05, 0.1) is 0 Å². The predicted molar refractivity (Wildman–Crippen MR) is 75.1 cm³/mol. The number of aromatic nitrogens is 3. The monoisotopic (exact) mass is 280 g/mol. The molecular formula is C13H17ClN4O.